The summed E-state index contributed by atoms with van der Waals surface area (Å²) in [5, 5.41) is 3.08. The molecule has 0 fully saturated rings. The zero-order valence-corrected chi connectivity index (χ0v) is 9.10. The molecule has 1 nitrogen and oxygen atoms in total. The summed E-state index contributed by atoms with van der Waals surface area (Å²) in [6.07, 6.45) is 1.94. The number of hydrogen-bond donors (Lipinski definition) is 2. The lowest BCUT2D eigenvalue weighted by Crippen LogP contribution is -2.03. The van der Waals surface area contributed by atoms with Crippen LogP contribution in [0.25, 0.3) is 0 Å². The molecule has 0 heterocycles. The van der Waals surface area contributed by atoms with E-state index in [1.54, 1.807) is 0 Å². The Labute approximate surface area is 87.3 Å². The van der Waals surface area contributed by atoms with Crippen LogP contribution >= 0.6 is 36.6 Å². The molecule has 1 aromatic rings. The Morgan fingerprint density at radius 2 is 2.17 bits per heavy atom. The normalized spacial score (nSPS) is 9.50. The second-order valence-electron chi connectivity index (χ2n) is 2.13. The number of rotatable bonds is 1. The topological polar surface area (TPSA) is 12.0 Å². The average Bonchev–Trinajstić information content (AvgIpc) is 2.09. The molecule has 1 aromatic carbocycles. The molecule has 0 unspecified atom stereocenters. The zero-order chi connectivity index (χ0) is 8.97. The van der Waals surface area contributed by atoms with Crippen LogP contribution in [0.4, 0.5) is 5.69 Å². The smallest absolute Gasteiger partial charge is 0.137 e. The van der Waals surface area contributed by atoms with Crippen LogP contribution in [0.15, 0.2) is 29.2 Å². The summed E-state index contributed by atoms with van der Waals surface area (Å²) in [6.45, 7) is 0. The summed E-state index contributed by atoms with van der Waals surface area (Å²) in [5.41, 5.74) is 0.959. The van der Waals surface area contributed by atoms with Gasteiger partial charge in [-0.2, -0.15) is 0 Å². The van der Waals surface area contributed by atoms with Crippen molar-refractivity contribution >= 4 is 46.6 Å². The fourth-order valence-electron chi connectivity index (χ4n) is 0.740. The van der Waals surface area contributed by atoms with Gasteiger partial charge in [0.05, 0.1) is 5.69 Å². The second kappa shape index (κ2) is 4.74. The standard InChI is InChI=1S/C8H9NS3/c1-12-8(11)9-6-4-2-3-5-7(6)10/h2-5,10H,1H3,(H,9,11). The van der Waals surface area contributed by atoms with Crippen LogP contribution in [0.3, 0.4) is 0 Å². The molecule has 64 valence electrons. The maximum absolute atomic E-state index is 5.01. The van der Waals surface area contributed by atoms with Gasteiger partial charge >= 0.3 is 0 Å². The Morgan fingerprint density at radius 3 is 2.75 bits per heavy atom. The Balaban J connectivity index is 2.75. The summed E-state index contributed by atoms with van der Waals surface area (Å²) in [6, 6.07) is 7.76. The van der Waals surface area contributed by atoms with E-state index in [2.05, 4.69) is 17.9 Å². The van der Waals surface area contributed by atoms with Gasteiger partial charge in [0.25, 0.3) is 0 Å². The molecule has 0 amide bonds. The van der Waals surface area contributed by atoms with Gasteiger partial charge in [-0.15, -0.1) is 24.4 Å². The van der Waals surface area contributed by atoms with E-state index in [9.17, 15) is 0 Å². The van der Waals surface area contributed by atoms with Gasteiger partial charge in [-0.3, -0.25) is 0 Å². The molecule has 0 aromatic heterocycles. The Morgan fingerprint density at radius 1 is 1.50 bits per heavy atom. The molecular weight excluding hydrogens is 206 g/mol. The first-order valence-corrected chi connectivity index (χ1v) is 5.45. The molecule has 0 saturated carbocycles. The molecule has 0 radical (unpaired) electrons. The van der Waals surface area contributed by atoms with E-state index in [1.165, 1.54) is 11.8 Å². The van der Waals surface area contributed by atoms with Crippen molar-refractivity contribution in [2.75, 3.05) is 11.6 Å². The molecule has 0 bridgehead atoms. The SMILES string of the molecule is CSC(=S)Nc1ccccc1S. The van der Waals surface area contributed by atoms with Gasteiger partial charge < -0.3 is 5.32 Å². The van der Waals surface area contributed by atoms with Gasteiger partial charge in [-0.1, -0.05) is 24.4 Å². The lowest BCUT2D eigenvalue weighted by molar-refractivity contribution is 1.46. The van der Waals surface area contributed by atoms with E-state index in [0.29, 0.717) is 0 Å². The third-order valence-corrected chi connectivity index (χ3v) is 2.79. The maximum atomic E-state index is 5.01. The number of anilines is 1. The fourth-order valence-corrected chi connectivity index (χ4v) is 1.28. The molecule has 1 N–H and O–H groups in total. The Bertz CT molecular complexity index is 285. The van der Waals surface area contributed by atoms with Crippen LogP contribution < -0.4 is 5.32 Å². The van der Waals surface area contributed by atoms with Gasteiger partial charge in [0.1, 0.15) is 4.32 Å². The third-order valence-electron chi connectivity index (χ3n) is 1.33. The lowest BCUT2D eigenvalue weighted by Gasteiger charge is -2.06. The van der Waals surface area contributed by atoms with Crippen LogP contribution in [0.1, 0.15) is 0 Å². The van der Waals surface area contributed by atoms with Crippen LogP contribution in [0.5, 0.6) is 0 Å². The van der Waals surface area contributed by atoms with Crippen LogP contribution in [-0.4, -0.2) is 10.6 Å². The van der Waals surface area contributed by atoms with Crippen molar-refractivity contribution in [1.29, 1.82) is 0 Å². The van der Waals surface area contributed by atoms with Gasteiger partial charge in [0.15, 0.2) is 0 Å². The van der Waals surface area contributed by atoms with E-state index in [1.807, 2.05) is 30.5 Å². The van der Waals surface area contributed by atoms with E-state index in [-0.39, 0.29) is 0 Å². The number of para-hydroxylation sites is 1. The van der Waals surface area contributed by atoms with E-state index >= 15 is 0 Å². The quantitative estimate of drug-likeness (QED) is 0.552. The number of thiol groups is 1. The molecule has 0 aliphatic carbocycles. The molecule has 0 saturated heterocycles. The molecule has 4 heteroatoms. The summed E-state index contributed by atoms with van der Waals surface area (Å²) in [4.78, 5) is 0.911. The summed E-state index contributed by atoms with van der Waals surface area (Å²) < 4.78 is 0.761. The predicted molar refractivity (Wildman–Crippen MR) is 63.4 cm³/mol. The predicted octanol–water partition coefficient (Wildman–Crippen LogP) is 3.04. The van der Waals surface area contributed by atoms with Crippen molar-refractivity contribution in [1.82, 2.24) is 0 Å². The van der Waals surface area contributed by atoms with Gasteiger partial charge in [-0.05, 0) is 18.4 Å². The number of thioether (sulfide) groups is 1. The largest absolute Gasteiger partial charge is 0.340 e. The highest BCUT2D eigenvalue weighted by molar-refractivity contribution is 8.22. The first kappa shape index (κ1) is 9.89. The van der Waals surface area contributed by atoms with Crippen molar-refractivity contribution < 1.29 is 0 Å². The highest BCUT2D eigenvalue weighted by Gasteiger charge is 1.98. The van der Waals surface area contributed by atoms with Crippen molar-refractivity contribution in [3.05, 3.63) is 24.3 Å². The first-order valence-electron chi connectivity index (χ1n) is 3.37. The van der Waals surface area contributed by atoms with Gasteiger partial charge in [0, 0.05) is 4.90 Å². The average molecular weight is 215 g/mol. The fraction of sp³-hybridized carbons (Fsp3) is 0.125. The summed E-state index contributed by atoms with van der Waals surface area (Å²) in [5.74, 6) is 0. The Kier molecular flexibility index (Phi) is 3.91. The van der Waals surface area contributed by atoms with Gasteiger partial charge in [0.2, 0.25) is 0 Å². The van der Waals surface area contributed by atoms with Crippen molar-refractivity contribution in [2.24, 2.45) is 0 Å². The maximum Gasteiger partial charge on any atom is 0.137 e. The number of hydrogen-bond acceptors (Lipinski definition) is 3. The minimum Gasteiger partial charge on any atom is -0.340 e. The zero-order valence-electron chi connectivity index (χ0n) is 6.57. The summed E-state index contributed by atoms with van der Waals surface area (Å²) >= 11 is 10.8. The van der Waals surface area contributed by atoms with E-state index in [0.717, 1.165) is 14.9 Å². The van der Waals surface area contributed by atoms with Crippen molar-refractivity contribution in [2.45, 2.75) is 4.90 Å². The Hall–Kier alpha value is -0.190. The second-order valence-corrected chi connectivity index (χ2v) is 4.10. The summed E-state index contributed by atoms with van der Waals surface area (Å²) in [7, 11) is 0. The monoisotopic (exact) mass is 215 g/mol. The lowest BCUT2D eigenvalue weighted by atomic mass is 10.3. The molecule has 0 aliphatic rings. The molecule has 0 atom stereocenters. The third kappa shape index (κ3) is 2.69. The molecule has 12 heavy (non-hydrogen) atoms. The van der Waals surface area contributed by atoms with Crippen LogP contribution in [-0.2, 0) is 0 Å². The highest BCUT2D eigenvalue weighted by Crippen LogP contribution is 2.19. The van der Waals surface area contributed by atoms with Crippen LogP contribution in [0.2, 0.25) is 0 Å². The van der Waals surface area contributed by atoms with Crippen molar-refractivity contribution in [3.63, 3.8) is 0 Å². The molecule has 0 spiro atoms. The molecule has 0 aliphatic heterocycles. The van der Waals surface area contributed by atoms with E-state index in [4.69, 9.17) is 12.2 Å². The number of thiocarbonyl (C=S) groups is 1. The first-order chi connectivity index (χ1) is 5.74. The number of benzene rings is 1. The van der Waals surface area contributed by atoms with Crippen LogP contribution in [0, 0.1) is 0 Å². The van der Waals surface area contributed by atoms with Gasteiger partial charge in [-0.25, -0.2) is 0 Å². The van der Waals surface area contributed by atoms with Crippen molar-refractivity contribution in [3.8, 4) is 0 Å². The minimum atomic E-state index is 0.761. The minimum absolute atomic E-state index is 0.761. The molecule has 1 rings (SSSR count). The number of nitrogens with one attached hydrogen (secondary N) is 1. The van der Waals surface area contributed by atoms with E-state index < -0.39 is 0 Å². The molecular formula is C8H9NS3. The highest BCUT2D eigenvalue weighted by atomic mass is 32.2.